The van der Waals surface area contributed by atoms with Crippen LogP contribution in [0.3, 0.4) is 0 Å². The maximum absolute atomic E-state index is 5.28. The van der Waals surface area contributed by atoms with E-state index in [-0.39, 0.29) is 6.29 Å². The van der Waals surface area contributed by atoms with Gasteiger partial charge in [0.25, 0.3) is 0 Å². The van der Waals surface area contributed by atoms with Crippen LogP contribution >= 0.6 is 15.9 Å². The van der Waals surface area contributed by atoms with Crippen molar-refractivity contribution in [3.05, 3.63) is 33.9 Å². The average molecular weight is 300 g/mol. The van der Waals surface area contributed by atoms with E-state index in [9.17, 15) is 0 Å². The van der Waals surface area contributed by atoms with Crippen molar-refractivity contribution in [1.82, 2.24) is 5.48 Å². The summed E-state index contributed by atoms with van der Waals surface area (Å²) >= 11 is 3.47. The van der Waals surface area contributed by atoms with Crippen molar-refractivity contribution in [1.29, 1.82) is 0 Å². The summed E-state index contributed by atoms with van der Waals surface area (Å²) < 4.78 is 11.4. The highest BCUT2D eigenvalue weighted by molar-refractivity contribution is 9.10. The van der Waals surface area contributed by atoms with Crippen molar-refractivity contribution in [2.75, 3.05) is 14.2 Å². The lowest BCUT2D eigenvalue weighted by Crippen LogP contribution is -2.15. The minimum atomic E-state index is -0.379. The second-order valence-electron chi connectivity index (χ2n) is 3.68. The van der Waals surface area contributed by atoms with Crippen LogP contribution in [0.1, 0.15) is 12.5 Å². The first kappa shape index (κ1) is 12.4. The van der Waals surface area contributed by atoms with Crippen LogP contribution < -0.4 is 10.2 Å². The molecule has 0 saturated carbocycles. The van der Waals surface area contributed by atoms with Gasteiger partial charge >= 0.3 is 0 Å². The summed E-state index contributed by atoms with van der Waals surface area (Å²) in [5.74, 6) is 0.799. The second kappa shape index (κ2) is 5.08. The molecule has 1 heterocycles. The van der Waals surface area contributed by atoms with E-state index in [4.69, 9.17) is 14.3 Å². The van der Waals surface area contributed by atoms with Gasteiger partial charge in [-0.05, 0) is 40.5 Å². The van der Waals surface area contributed by atoms with E-state index >= 15 is 0 Å². The van der Waals surface area contributed by atoms with Crippen molar-refractivity contribution in [2.24, 2.45) is 0 Å². The van der Waals surface area contributed by atoms with Crippen LogP contribution in [0.5, 0.6) is 5.75 Å². The third kappa shape index (κ3) is 2.31. The fourth-order valence-electron chi connectivity index (χ4n) is 1.79. The average Bonchev–Trinajstić information content (AvgIpc) is 2.70. The molecule has 1 aromatic rings. The van der Waals surface area contributed by atoms with Gasteiger partial charge in [0, 0.05) is 18.4 Å². The van der Waals surface area contributed by atoms with Crippen LogP contribution in [0.25, 0.3) is 5.57 Å². The third-order valence-corrected chi connectivity index (χ3v) is 3.26. The first-order valence-electron chi connectivity index (χ1n) is 5.16. The van der Waals surface area contributed by atoms with Crippen LogP contribution in [0.2, 0.25) is 0 Å². The maximum atomic E-state index is 5.28. The highest BCUT2D eigenvalue weighted by Gasteiger charge is 2.26. The lowest BCUT2D eigenvalue weighted by atomic mass is 10.0. The molecule has 1 aromatic carbocycles. The van der Waals surface area contributed by atoms with Crippen LogP contribution in [0, 0.1) is 0 Å². The molecule has 0 fully saturated rings. The highest BCUT2D eigenvalue weighted by Crippen LogP contribution is 2.33. The maximum Gasteiger partial charge on any atom is 0.211 e. The fourth-order valence-corrected chi connectivity index (χ4v) is 2.33. The molecule has 0 aliphatic carbocycles. The summed E-state index contributed by atoms with van der Waals surface area (Å²) in [6, 6.07) is 5.87. The van der Waals surface area contributed by atoms with Crippen LogP contribution in [-0.2, 0) is 9.57 Å². The SMILES string of the molecule is COc1ccc(C2=C(C)NOC2OC)cc1Br. The molecule has 1 aliphatic rings. The molecule has 1 N–H and O–H groups in total. The van der Waals surface area contributed by atoms with Gasteiger partial charge in [0.15, 0.2) is 0 Å². The van der Waals surface area contributed by atoms with E-state index in [1.54, 1.807) is 14.2 Å². The van der Waals surface area contributed by atoms with Gasteiger partial charge in [0.2, 0.25) is 6.29 Å². The first-order chi connectivity index (χ1) is 8.17. The monoisotopic (exact) mass is 299 g/mol. The molecule has 1 unspecified atom stereocenters. The molecule has 1 aliphatic heterocycles. The molecule has 0 spiro atoms. The molecule has 17 heavy (non-hydrogen) atoms. The normalized spacial score (nSPS) is 19.4. The van der Waals surface area contributed by atoms with Crippen molar-refractivity contribution in [3.63, 3.8) is 0 Å². The molecule has 0 aromatic heterocycles. The summed E-state index contributed by atoms with van der Waals surface area (Å²) in [4.78, 5) is 5.28. The number of hydrogen-bond donors (Lipinski definition) is 1. The molecule has 0 radical (unpaired) electrons. The summed E-state index contributed by atoms with van der Waals surface area (Å²) in [7, 11) is 3.26. The number of hydrogen-bond acceptors (Lipinski definition) is 4. The number of rotatable bonds is 3. The summed E-state index contributed by atoms with van der Waals surface area (Å²) in [6.45, 7) is 1.95. The number of hydroxylamine groups is 1. The van der Waals surface area contributed by atoms with Gasteiger partial charge < -0.3 is 9.47 Å². The Morgan fingerprint density at radius 1 is 1.35 bits per heavy atom. The highest BCUT2D eigenvalue weighted by atomic mass is 79.9. The molecule has 0 saturated heterocycles. The molecule has 5 heteroatoms. The molecule has 0 amide bonds. The van der Waals surface area contributed by atoms with Crippen molar-refractivity contribution < 1.29 is 14.3 Å². The van der Waals surface area contributed by atoms with E-state index in [0.29, 0.717) is 0 Å². The Morgan fingerprint density at radius 3 is 2.71 bits per heavy atom. The van der Waals surface area contributed by atoms with Gasteiger partial charge in [-0.2, -0.15) is 0 Å². The second-order valence-corrected chi connectivity index (χ2v) is 4.53. The lowest BCUT2D eigenvalue weighted by Gasteiger charge is -2.12. The fraction of sp³-hybridized carbons (Fsp3) is 0.333. The Balaban J connectivity index is 2.40. The molecule has 4 nitrogen and oxygen atoms in total. The van der Waals surface area contributed by atoms with E-state index in [1.807, 2.05) is 25.1 Å². The predicted molar refractivity (Wildman–Crippen MR) is 68.3 cm³/mol. The van der Waals surface area contributed by atoms with Gasteiger partial charge in [0.05, 0.1) is 11.6 Å². The molecule has 2 rings (SSSR count). The first-order valence-corrected chi connectivity index (χ1v) is 5.95. The quantitative estimate of drug-likeness (QED) is 0.931. The van der Waals surface area contributed by atoms with Crippen LogP contribution in [0.15, 0.2) is 28.4 Å². The standard InChI is InChI=1S/C12H14BrNO3/c1-7-11(12(16-3)17-14-7)8-4-5-10(15-2)9(13)6-8/h4-6,12,14H,1-3H3. The summed E-state index contributed by atoms with van der Waals surface area (Å²) in [6.07, 6.45) is -0.379. The van der Waals surface area contributed by atoms with Gasteiger partial charge in [-0.15, -0.1) is 0 Å². The minimum absolute atomic E-state index is 0.379. The molecular formula is C12H14BrNO3. The number of methoxy groups -OCH3 is 2. The Kier molecular flexibility index (Phi) is 3.71. The van der Waals surface area contributed by atoms with E-state index in [2.05, 4.69) is 21.4 Å². The Morgan fingerprint density at radius 2 is 2.12 bits per heavy atom. The lowest BCUT2D eigenvalue weighted by molar-refractivity contribution is -0.104. The zero-order valence-electron chi connectivity index (χ0n) is 9.91. The number of benzene rings is 1. The van der Waals surface area contributed by atoms with Gasteiger partial charge in [-0.1, -0.05) is 6.07 Å². The Hall–Kier alpha value is -1.04. The van der Waals surface area contributed by atoms with Crippen molar-refractivity contribution in [3.8, 4) is 5.75 Å². The van der Waals surface area contributed by atoms with Gasteiger partial charge in [-0.3, -0.25) is 5.48 Å². The largest absolute Gasteiger partial charge is 0.496 e. The molecule has 1 atom stereocenters. The summed E-state index contributed by atoms with van der Waals surface area (Å²) in [5, 5.41) is 0. The minimum Gasteiger partial charge on any atom is -0.496 e. The smallest absolute Gasteiger partial charge is 0.211 e. The number of halogens is 1. The summed E-state index contributed by atoms with van der Waals surface area (Å²) in [5.41, 5.74) is 5.81. The number of ether oxygens (including phenoxy) is 2. The number of nitrogens with one attached hydrogen (secondary N) is 1. The molecule has 92 valence electrons. The van der Waals surface area contributed by atoms with Gasteiger partial charge in [0.1, 0.15) is 5.75 Å². The Bertz CT molecular complexity index is 459. The predicted octanol–water partition coefficient (Wildman–Crippen LogP) is 2.70. The third-order valence-electron chi connectivity index (χ3n) is 2.64. The van der Waals surface area contributed by atoms with E-state index in [1.165, 1.54) is 0 Å². The Labute approximate surface area is 109 Å². The molecular weight excluding hydrogens is 286 g/mol. The van der Waals surface area contributed by atoms with Crippen molar-refractivity contribution in [2.45, 2.75) is 13.2 Å². The van der Waals surface area contributed by atoms with Crippen molar-refractivity contribution >= 4 is 21.5 Å². The van der Waals surface area contributed by atoms with Crippen LogP contribution in [0.4, 0.5) is 0 Å². The number of allylic oxidation sites excluding steroid dienone is 1. The van der Waals surface area contributed by atoms with Gasteiger partial charge in [-0.25, -0.2) is 4.84 Å². The van der Waals surface area contributed by atoms with Crippen LogP contribution in [-0.4, -0.2) is 20.5 Å². The topological polar surface area (TPSA) is 39.7 Å². The zero-order chi connectivity index (χ0) is 12.4. The zero-order valence-corrected chi connectivity index (χ0v) is 11.5. The molecule has 0 bridgehead atoms. The van der Waals surface area contributed by atoms with E-state index in [0.717, 1.165) is 27.1 Å². The van der Waals surface area contributed by atoms with E-state index < -0.39 is 0 Å².